The number of amides is 1. The molecule has 0 aromatic heterocycles. The van der Waals surface area contributed by atoms with Crippen LogP contribution in [0.4, 0.5) is 0 Å². The Labute approximate surface area is 64.6 Å². The second-order valence-electron chi connectivity index (χ2n) is 2.42. The lowest BCUT2D eigenvalue weighted by molar-refractivity contribution is -0.127. The van der Waals surface area contributed by atoms with Crippen LogP contribution in [0.15, 0.2) is 0 Å². The Hall–Kier alpha value is -0.280. The van der Waals surface area contributed by atoms with Gasteiger partial charge in [0, 0.05) is 13.1 Å². The highest BCUT2D eigenvalue weighted by Gasteiger charge is 2.23. The van der Waals surface area contributed by atoms with Crippen molar-refractivity contribution in [3.63, 3.8) is 0 Å². The number of carbonyl (C=O) groups excluding carboxylic acids is 1. The van der Waals surface area contributed by atoms with Gasteiger partial charge in [-0.2, -0.15) is 0 Å². The number of aliphatic hydroxyl groups excluding tert-OH is 1. The van der Waals surface area contributed by atoms with Crippen LogP contribution in [0.3, 0.4) is 0 Å². The molecule has 0 saturated carbocycles. The molecule has 0 aromatic carbocycles. The summed E-state index contributed by atoms with van der Waals surface area (Å²) >= 11 is 5.31. The number of rotatable bonds is 1. The number of hydrogen-bond donors (Lipinski definition) is 1. The minimum atomic E-state index is -0.341. The predicted molar refractivity (Wildman–Crippen MR) is 37.9 cm³/mol. The van der Waals surface area contributed by atoms with Crippen LogP contribution >= 0.6 is 11.6 Å². The van der Waals surface area contributed by atoms with Crippen molar-refractivity contribution < 1.29 is 9.90 Å². The molecule has 1 saturated heterocycles. The zero-order valence-corrected chi connectivity index (χ0v) is 6.34. The van der Waals surface area contributed by atoms with Gasteiger partial charge in [0.25, 0.3) is 0 Å². The molecule has 1 rings (SSSR count). The molecule has 0 spiro atoms. The Morgan fingerprint density at radius 3 is 2.90 bits per heavy atom. The maximum Gasteiger partial charge on any atom is 0.237 e. The fraction of sp³-hybridized carbons (Fsp3) is 0.833. The molecule has 1 heterocycles. The molecular weight excluding hydrogens is 154 g/mol. The van der Waals surface area contributed by atoms with Gasteiger partial charge in [-0.3, -0.25) is 4.79 Å². The van der Waals surface area contributed by atoms with Crippen molar-refractivity contribution in [2.45, 2.75) is 12.5 Å². The second kappa shape index (κ2) is 3.21. The minimum Gasteiger partial charge on any atom is -0.391 e. The molecule has 1 unspecified atom stereocenters. The average Bonchev–Trinajstić information content (AvgIpc) is 2.34. The zero-order valence-electron chi connectivity index (χ0n) is 5.59. The molecule has 58 valence electrons. The van der Waals surface area contributed by atoms with Gasteiger partial charge in [0.2, 0.25) is 5.91 Å². The summed E-state index contributed by atoms with van der Waals surface area (Å²) in [6.07, 6.45) is 0.343. The van der Waals surface area contributed by atoms with Crippen molar-refractivity contribution in [2.24, 2.45) is 0 Å². The number of hydrogen-bond acceptors (Lipinski definition) is 2. The van der Waals surface area contributed by atoms with Crippen LogP contribution in [0.2, 0.25) is 0 Å². The van der Waals surface area contributed by atoms with Crippen molar-refractivity contribution in [2.75, 3.05) is 19.0 Å². The summed E-state index contributed by atoms with van der Waals surface area (Å²) in [5.74, 6) is -0.0644. The van der Waals surface area contributed by atoms with E-state index in [0.29, 0.717) is 19.5 Å². The van der Waals surface area contributed by atoms with E-state index in [9.17, 15) is 4.79 Å². The van der Waals surface area contributed by atoms with E-state index < -0.39 is 0 Å². The third-order valence-electron chi connectivity index (χ3n) is 1.63. The average molecular weight is 164 g/mol. The Balaban J connectivity index is 2.37. The van der Waals surface area contributed by atoms with Gasteiger partial charge in [-0.05, 0) is 6.42 Å². The fourth-order valence-corrected chi connectivity index (χ4v) is 1.22. The first-order chi connectivity index (χ1) is 4.74. The van der Waals surface area contributed by atoms with Crippen LogP contribution < -0.4 is 0 Å². The first-order valence-electron chi connectivity index (χ1n) is 3.26. The number of alkyl halides is 1. The Kier molecular flexibility index (Phi) is 2.51. The highest BCUT2D eigenvalue weighted by Crippen LogP contribution is 2.08. The Bertz CT molecular complexity index is 140. The van der Waals surface area contributed by atoms with Gasteiger partial charge in [-0.15, -0.1) is 11.6 Å². The van der Waals surface area contributed by atoms with Crippen LogP contribution in [0.5, 0.6) is 0 Å². The van der Waals surface area contributed by atoms with Crippen molar-refractivity contribution in [1.82, 2.24) is 4.90 Å². The maximum absolute atomic E-state index is 10.8. The van der Waals surface area contributed by atoms with E-state index in [0.717, 1.165) is 0 Å². The topological polar surface area (TPSA) is 40.5 Å². The molecule has 4 heteroatoms. The van der Waals surface area contributed by atoms with Crippen LogP contribution in [0.1, 0.15) is 6.42 Å². The second-order valence-corrected chi connectivity index (χ2v) is 2.68. The van der Waals surface area contributed by atoms with Crippen molar-refractivity contribution in [1.29, 1.82) is 0 Å². The standard InChI is InChI=1S/C6H10ClNO2/c7-3-6(10)8-2-1-5(9)4-8/h5,9H,1-4H2. The molecule has 0 bridgehead atoms. The van der Waals surface area contributed by atoms with Crippen LogP contribution in [0, 0.1) is 0 Å². The normalized spacial score (nSPS) is 25.4. The molecule has 1 fully saturated rings. The maximum atomic E-state index is 10.8. The molecule has 1 aliphatic heterocycles. The molecular formula is C6H10ClNO2. The Morgan fingerprint density at radius 2 is 2.50 bits per heavy atom. The quantitative estimate of drug-likeness (QED) is 0.545. The van der Waals surface area contributed by atoms with E-state index in [1.165, 1.54) is 0 Å². The number of halogens is 1. The summed E-state index contributed by atoms with van der Waals surface area (Å²) in [5, 5.41) is 9.01. The molecule has 0 aliphatic carbocycles. The smallest absolute Gasteiger partial charge is 0.237 e. The summed E-state index contributed by atoms with van der Waals surface area (Å²) < 4.78 is 0. The monoisotopic (exact) mass is 163 g/mol. The lowest BCUT2D eigenvalue weighted by atomic mass is 10.3. The van der Waals surface area contributed by atoms with Gasteiger partial charge in [0.05, 0.1) is 6.10 Å². The zero-order chi connectivity index (χ0) is 7.56. The van der Waals surface area contributed by atoms with Crippen molar-refractivity contribution in [3.05, 3.63) is 0 Å². The molecule has 3 nitrogen and oxygen atoms in total. The molecule has 1 aliphatic rings. The number of carbonyl (C=O) groups is 1. The number of aliphatic hydroxyl groups is 1. The van der Waals surface area contributed by atoms with Gasteiger partial charge in [0.1, 0.15) is 5.88 Å². The highest BCUT2D eigenvalue weighted by molar-refractivity contribution is 6.27. The van der Waals surface area contributed by atoms with Crippen LogP contribution in [0.25, 0.3) is 0 Å². The van der Waals surface area contributed by atoms with E-state index in [2.05, 4.69) is 0 Å². The first-order valence-corrected chi connectivity index (χ1v) is 3.79. The number of likely N-dealkylation sites (tertiary alicyclic amines) is 1. The van der Waals surface area contributed by atoms with Gasteiger partial charge in [0.15, 0.2) is 0 Å². The van der Waals surface area contributed by atoms with E-state index in [1.807, 2.05) is 0 Å². The van der Waals surface area contributed by atoms with Crippen molar-refractivity contribution >= 4 is 17.5 Å². The summed E-state index contributed by atoms with van der Waals surface area (Å²) in [4.78, 5) is 12.4. The fourth-order valence-electron chi connectivity index (χ4n) is 1.05. The van der Waals surface area contributed by atoms with E-state index in [-0.39, 0.29) is 17.9 Å². The SMILES string of the molecule is O=C(CCl)N1CCC(O)C1. The van der Waals surface area contributed by atoms with E-state index >= 15 is 0 Å². The van der Waals surface area contributed by atoms with Crippen molar-refractivity contribution in [3.8, 4) is 0 Å². The third-order valence-corrected chi connectivity index (χ3v) is 1.86. The van der Waals surface area contributed by atoms with Crippen LogP contribution in [-0.2, 0) is 4.79 Å². The minimum absolute atomic E-state index is 0.0206. The van der Waals surface area contributed by atoms with E-state index in [1.54, 1.807) is 4.90 Å². The molecule has 0 radical (unpaired) electrons. The molecule has 1 N–H and O–H groups in total. The predicted octanol–water partition coefficient (Wildman–Crippen LogP) is -0.182. The lowest BCUT2D eigenvalue weighted by Crippen LogP contribution is -2.30. The van der Waals surface area contributed by atoms with E-state index in [4.69, 9.17) is 16.7 Å². The summed E-state index contributed by atoms with van der Waals surface area (Å²) in [6, 6.07) is 0. The first kappa shape index (κ1) is 7.82. The largest absolute Gasteiger partial charge is 0.391 e. The summed E-state index contributed by atoms with van der Waals surface area (Å²) in [5.41, 5.74) is 0. The molecule has 1 amide bonds. The summed E-state index contributed by atoms with van der Waals surface area (Å²) in [6.45, 7) is 1.10. The van der Waals surface area contributed by atoms with Crippen LogP contribution in [-0.4, -0.2) is 41.0 Å². The van der Waals surface area contributed by atoms with Gasteiger partial charge >= 0.3 is 0 Å². The highest BCUT2D eigenvalue weighted by atomic mass is 35.5. The molecule has 0 aromatic rings. The molecule has 1 atom stereocenters. The summed E-state index contributed by atoms with van der Waals surface area (Å²) in [7, 11) is 0. The van der Waals surface area contributed by atoms with Gasteiger partial charge in [-0.25, -0.2) is 0 Å². The lowest BCUT2D eigenvalue weighted by Gasteiger charge is -2.12. The number of β-amino-alcohol motifs (C(OH)–C–C–N with tert-alkyl or cyclic N) is 1. The number of nitrogens with zero attached hydrogens (tertiary/aromatic N) is 1. The molecule has 10 heavy (non-hydrogen) atoms. The van der Waals surface area contributed by atoms with Gasteiger partial charge in [-0.1, -0.05) is 0 Å². The third kappa shape index (κ3) is 1.61. The van der Waals surface area contributed by atoms with Gasteiger partial charge < -0.3 is 10.0 Å². The Morgan fingerprint density at radius 1 is 1.80 bits per heavy atom.